The molecule has 5 heteroatoms. The van der Waals surface area contributed by atoms with E-state index in [1.807, 2.05) is 0 Å². The van der Waals surface area contributed by atoms with E-state index >= 15 is 0 Å². The summed E-state index contributed by atoms with van der Waals surface area (Å²) in [6, 6.07) is 5.85. The van der Waals surface area contributed by atoms with Crippen LogP contribution in [0, 0.1) is 0 Å². The van der Waals surface area contributed by atoms with Crippen LogP contribution in [0.15, 0.2) is 29.2 Å². The van der Waals surface area contributed by atoms with Gasteiger partial charge in [-0.05, 0) is 26.0 Å². The molecule has 0 N–H and O–H groups in total. The third kappa shape index (κ3) is 3.14. The second-order valence-electron chi connectivity index (χ2n) is 4.34. The summed E-state index contributed by atoms with van der Waals surface area (Å²) in [4.78, 5) is 12.2. The minimum absolute atomic E-state index is 0.181. The maximum Gasteiger partial charge on any atom is 0.194 e. The van der Waals surface area contributed by atoms with Crippen molar-refractivity contribution < 1.29 is 17.9 Å². The van der Waals surface area contributed by atoms with Gasteiger partial charge >= 0.3 is 0 Å². The minimum atomic E-state index is -3.23. The number of carbonyl (C=O) groups excluding carboxylic acids is 1. The van der Waals surface area contributed by atoms with E-state index in [0.717, 1.165) is 6.26 Å². The molecule has 0 unspecified atom stereocenters. The Bertz CT molecular complexity index is 512. The number of hydrogen-bond donors (Lipinski definition) is 0. The predicted octanol–water partition coefficient (Wildman–Crippen LogP) is 1.70. The first-order chi connectivity index (χ1) is 7.68. The molecule has 0 fully saturated rings. The smallest absolute Gasteiger partial charge is 0.194 e. The zero-order valence-corrected chi connectivity index (χ0v) is 11.2. The molecule has 0 bridgehead atoms. The molecule has 0 amide bonds. The summed E-state index contributed by atoms with van der Waals surface area (Å²) in [5.74, 6) is -0.181. The van der Waals surface area contributed by atoms with Crippen LogP contribution < -0.4 is 0 Å². The highest BCUT2D eigenvalue weighted by atomic mass is 32.2. The van der Waals surface area contributed by atoms with Crippen LogP contribution in [0.2, 0.25) is 0 Å². The summed E-state index contributed by atoms with van der Waals surface area (Å²) >= 11 is 0. The van der Waals surface area contributed by atoms with Gasteiger partial charge in [0.05, 0.1) is 4.90 Å². The summed E-state index contributed by atoms with van der Waals surface area (Å²) in [6.45, 7) is 3.33. The molecule has 0 saturated heterocycles. The van der Waals surface area contributed by atoms with Gasteiger partial charge in [-0.3, -0.25) is 4.79 Å². The van der Waals surface area contributed by atoms with Crippen molar-refractivity contribution in [2.45, 2.75) is 24.3 Å². The van der Waals surface area contributed by atoms with Crippen LogP contribution in [0.4, 0.5) is 0 Å². The number of hydrogen-bond acceptors (Lipinski definition) is 4. The normalized spacial score (nSPS) is 12.5. The summed E-state index contributed by atoms with van der Waals surface area (Å²) < 4.78 is 27.6. The second kappa shape index (κ2) is 4.58. The number of methoxy groups -OCH3 is 1. The van der Waals surface area contributed by atoms with Gasteiger partial charge in [0.15, 0.2) is 15.6 Å². The molecule has 0 aliphatic carbocycles. The lowest BCUT2D eigenvalue weighted by molar-refractivity contribution is 0.0228. The lowest BCUT2D eigenvalue weighted by Crippen LogP contribution is -2.33. The minimum Gasteiger partial charge on any atom is -0.371 e. The number of rotatable bonds is 4. The van der Waals surface area contributed by atoms with E-state index < -0.39 is 15.4 Å². The summed E-state index contributed by atoms with van der Waals surface area (Å²) in [6.07, 6.45) is 1.13. The Balaban J connectivity index is 3.09. The number of ether oxygens (including phenoxy) is 1. The van der Waals surface area contributed by atoms with Crippen molar-refractivity contribution in [1.82, 2.24) is 0 Å². The molecule has 17 heavy (non-hydrogen) atoms. The lowest BCUT2D eigenvalue weighted by atomic mass is 9.97. The van der Waals surface area contributed by atoms with Gasteiger partial charge in [-0.1, -0.05) is 12.1 Å². The molecule has 94 valence electrons. The first-order valence-electron chi connectivity index (χ1n) is 5.08. The van der Waals surface area contributed by atoms with E-state index in [0.29, 0.717) is 5.56 Å². The molecule has 4 nitrogen and oxygen atoms in total. The van der Waals surface area contributed by atoms with Gasteiger partial charge < -0.3 is 4.74 Å². The van der Waals surface area contributed by atoms with Crippen LogP contribution in [-0.4, -0.2) is 33.2 Å². The SMILES string of the molecule is COC(C)(C)C(=O)c1ccc(S(C)(=O)=O)cc1. The van der Waals surface area contributed by atoms with E-state index in [2.05, 4.69) is 0 Å². The van der Waals surface area contributed by atoms with Gasteiger partial charge in [0, 0.05) is 18.9 Å². The van der Waals surface area contributed by atoms with Crippen molar-refractivity contribution in [2.75, 3.05) is 13.4 Å². The van der Waals surface area contributed by atoms with Gasteiger partial charge in [0.1, 0.15) is 5.60 Å². The van der Waals surface area contributed by atoms with Gasteiger partial charge in [0.2, 0.25) is 0 Å². The molecule has 0 aliphatic rings. The topological polar surface area (TPSA) is 60.4 Å². The predicted molar refractivity (Wildman–Crippen MR) is 65.0 cm³/mol. The second-order valence-corrected chi connectivity index (χ2v) is 6.36. The quantitative estimate of drug-likeness (QED) is 0.769. The summed E-state index contributed by atoms with van der Waals surface area (Å²) in [5, 5.41) is 0. The molecule has 0 atom stereocenters. The highest BCUT2D eigenvalue weighted by molar-refractivity contribution is 7.90. The van der Waals surface area contributed by atoms with Crippen LogP contribution in [0.5, 0.6) is 0 Å². The summed E-state index contributed by atoms with van der Waals surface area (Å²) in [5.41, 5.74) is -0.476. The van der Waals surface area contributed by atoms with Crippen LogP contribution in [-0.2, 0) is 14.6 Å². The third-order valence-electron chi connectivity index (χ3n) is 2.60. The fraction of sp³-hybridized carbons (Fsp3) is 0.417. The van der Waals surface area contributed by atoms with Gasteiger partial charge in [0.25, 0.3) is 0 Å². The zero-order valence-electron chi connectivity index (χ0n) is 10.4. The Labute approximate surface area is 102 Å². The molecule has 0 aromatic heterocycles. The Kier molecular flexibility index (Phi) is 3.74. The number of Topliss-reactive ketones (excluding diaryl/α,β-unsaturated/α-hetero) is 1. The number of carbonyl (C=O) groups is 1. The van der Waals surface area contributed by atoms with Gasteiger partial charge in [-0.25, -0.2) is 8.42 Å². The first-order valence-corrected chi connectivity index (χ1v) is 6.97. The maximum absolute atomic E-state index is 12.0. The van der Waals surface area contributed by atoms with Crippen LogP contribution in [0.25, 0.3) is 0 Å². The van der Waals surface area contributed by atoms with E-state index in [-0.39, 0.29) is 10.7 Å². The fourth-order valence-electron chi connectivity index (χ4n) is 1.29. The van der Waals surface area contributed by atoms with Crippen molar-refractivity contribution in [2.24, 2.45) is 0 Å². The highest BCUT2D eigenvalue weighted by Crippen LogP contribution is 2.18. The van der Waals surface area contributed by atoms with E-state index in [1.165, 1.54) is 31.4 Å². The fourth-order valence-corrected chi connectivity index (χ4v) is 1.92. The van der Waals surface area contributed by atoms with Crippen molar-refractivity contribution in [3.05, 3.63) is 29.8 Å². The van der Waals surface area contributed by atoms with Crippen molar-refractivity contribution in [3.8, 4) is 0 Å². The molecule has 0 radical (unpaired) electrons. The van der Waals surface area contributed by atoms with Crippen molar-refractivity contribution >= 4 is 15.6 Å². The van der Waals surface area contributed by atoms with E-state index in [1.54, 1.807) is 13.8 Å². The molecule has 0 saturated carbocycles. The average molecular weight is 256 g/mol. The molecule has 1 aromatic carbocycles. The number of benzene rings is 1. The van der Waals surface area contributed by atoms with E-state index in [9.17, 15) is 13.2 Å². The Morgan fingerprint density at radius 2 is 1.65 bits per heavy atom. The molecule has 1 aromatic rings. The molecule has 0 spiro atoms. The molecule has 0 aliphatic heterocycles. The number of ketones is 1. The van der Waals surface area contributed by atoms with Crippen LogP contribution in [0.1, 0.15) is 24.2 Å². The highest BCUT2D eigenvalue weighted by Gasteiger charge is 2.28. The Morgan fingerprint density at radius 3 is 2.00 bits per heavy atom. The number of sulfone groups is 1. The standard InChI is InChI=1S/C12H16O4S/c1-12(2,16-3)11(13)9-5-7-10(8-6-9)17(4,14)15/h5-8H,1-4H3. The average Bonchev–Trinajstić information content (AvgIpc) is 2.27. The molecular weight excluding hydrogens is 240 g/mol. The monoisotopic (exact) mass is 256 g/mol. The van der Waals surface area contributed by atoms with Crippen molar-refractivity contribution in [3.63, 3.8) is 0 Å². The van der Waals surface area contributed by atoms with Crippen molar-refractivity contribution in [1.29, 1.82) is 0 Å². The molecule has 1 rings (SSSR count). The van der Waals surface area contributed by atoms with E-state index in [4.69, 9.17) is 4.74 Å². The molecule has 0 heterocycles. The lowest BCUT2D eigenvalue weighted by Gasteiger charge is -2.21. The first kappa shape index (κ1) is 13.9. The van der Waals surface area contributed by atoms with Gasteiger partial charge in [-0.15, -0.1) is 0 Å². The van der Waals surface area contributed by atoms with Crippen LogP contribution in [0.3, 0.4) is 0 Å². The Hall–Kier alpha value is -1.20. The van der Waals surface area contributed by atoms with Crippen LogP contribution >= 0.6 is 0 Å². The Morgan fingerprint density at radius 1 is 1.18 bits per heavy atom. The van der Waals surface area contributed by atoms with Gasteiger partial charge in [-0.2, -0.15) is 0 Å². The maximum atomic E-state index is 12.0. The zero-order chi connectivity index (χ0) is 13.3. The third-order valence-corrected chi connectivity index (χ3v) is 3.73. The largest absolute Gasteiger partial charge is 0.371 e. The summed E-state index contributed by atoms with van der Waals surface area (Å²) in [7, 11) is -1.77. The molecular formula is C12H16O4S.